The highest BCUT2D eigenvalue weighted by molar-refractivity contribution is 7.92. The molecule has 8 heteroatoms. The second kappa shape index (κ2) is 7.19. The van der Waals surface area contributed by atoms with E-state index in [1.54, 1.807) is 36.4 Å². The highest BCUT2D eigenvalue weighted by Gasteiger charge is 2.36. The zero-order valence-electron chi connectivity index (χ0n) is 13.9. The predicted octanol–water partition coefficient (Wildman–Crippen LogP) is 2.11. The molecule has 0 bridgehead atoms. The molecule has 0 amide bonds. The molecule has 1 saturated heterocycles. The van der Waals surface area contributed by atoms with Gasteiger partial charge in [-0.1, -0.05) is 42.5 Å². The fourth-order valence-corrected chi connectivity index (χ4v) is 6.64. The van der Waals surface area contributed by atoms with Gasteiger partial charge >= 0.3 is 0 Å². The lowest BCUT2D eigenvalue weighted by Gasteiger charge is -2.20. The molecule has 2 aromatic carbocycles. The van der Waals surface area contributed by atoms with Crippen LogP contribution in [0.15, 0.2) is 59.5 Å². The van der Waals surface area contributed by atoms with Gasteiger partial charge in [0.25, 0.3) is 0 Å². The van der Waals surface area contributed by atoms with Crippen LogP contribution in [-0.2, 0) is 19.9 Å². The fraction of sp³-hybridized carbons (Fsp3) is 0.278. The van der Waals surface area contributed by atoms with Gasteiger partial charge in [-0.25, -0.2) is 16.8 Å². The number of rotatable bonds is 3. The maximum absolute atomic E-state index is 13.0. The minimum Gasteiger partial charge on any atom is -0.228 e. The third kappa shape index (κ3) is 3.51. The molecule has 1 atom stereocenters. The van der Waals surface area contributed by atoms with Crippen molar-refractivity contribution >= 4 is 19.9 Å². The molecule has 0 spiro atoms. The van der Waals surface area contributed by atoms with Crippen LogP contribution in [-0.4, -0.2) is 40.0 Å². The Bertz CT molecular complexity index is 1040. The Morgan fingerprint density at radius 1 is 1.00 bits per heavy atom. The number of sulfonamides is 1. The first kappa shape index (κ1) is 18.6. The summed E-state index contributed by atoms with van der Waals surface area (Å²) < 4.78 is 52.4. The van der Waals surface area contributed by atoms with Crippen LogP contribution in [0.2, 0.25) is 0 Å². The number of sulfone groups is 1. The van der Waals surface area contributed by atoms with E-state index in [4.69, 9.17) is 0 Å². The molecular weight excluding hydrogens is 372 g/mol. The second-order valence-electron chi connectivity index (χ2n) is 6.07. The molecule has 0 unspecified atom stereocenters. The van der Waals surface area contributed by atoms with Crippen LogP contribution in [0.3, 0.4) is 0 Å². The van der Waals surface area contributed by atoms with Gasteiger partial charge in [-0.15, -0.1) is 0 Å². The van der Waals surface area contributed by atoms with Crippen LogP contribution in [0.5, 0.6) is 0 Å². The van der Waals surface area contributed by atoms with Gasteiger partial charge in [-0.3, -0.25) is 0 Å². The van der Waals surface area contributed by atoms with Crippen molar-refractivity contribution in [1.82, 2.24) is 4.31 Å². The molecule has 0 aliphatic carbocycles. The zero-order valence-corrected chi connectivity index (χ0v) is 15.6. The number of nitriles is 1. The number of hydrogen-bond donors (Lipinski definition) is 0. The number of hydrogen-bond acceptors (Lipinski definition) is 5. The van der Waals surface area contributed by atoms with E-state index in [-0.39, 0.29) is 35.7 Å². The smallest absolute Gasteiger partial charge is 0.228 e. The van der Waals surface area contributed by atoms with Gasteiger partial charge in [-0.2, -0.15) is 9.57 Å². The van der Waals surface area contributed by atoms with Crippen molar-refractivity contribution in [2.45, 2.75) is 16.6 Å². The van der Waals surface area contributed by atoms with E-state index in [1.807, 2.05) is 12.1 Å². The standard InChI is InChI=1S/C18H18N2O4S2/c19-14-16-8-4-5-9-18(16)26(23,24)20-11-10-17(25(21,22)13-12-20)15-6-2-1-3-7-15/h1-9,17H,10-13H2/t17-/m0/s1. The van der Waals surface area contributed by atoms with Crippen LogP contribution in [0.4, 0.5) is 0 Å². The summed E-state index contributed by atoms with van der Waals surface area (Å²) in [6, 6.07) is 16.7. The first-order valence-electron chi connectivity index (χ1n) is 8.12. The minimum absolute atomic E-state index is 0.0548. The summed E-state index contributed by atoms with van der Waals surface area (Å²) in [7, 11) is -7.41. The molecule has 1 aliphatic rings. The summed E-state index contributed by atoms with van der Waals surface area (Å²) in [5, 5.41) is 8.45. The Balaban J connectivity index is 1.94. The summed E-state index contributed by atoms with van der Waals surface area (Å²) in [4.78, 5) is -0.0851. The fourth-order valence-electron chi connectivity index (χ4n) is 3.13. The van der Waals surface area contributed by atoms with E-state index in [1.165, 1.54) is 16.4 Å². The van der Waals surface area contributed by atoms with Gasteiger partial charge in [0.05, 0.1) is 21.5 Å². The van der Waals surface area contributed by atoms with Crippen LogP contribution in [0.1, 0.15) is 22.8 Å². The van der Waals surface area contributed by atoms with E-state index in [2.05, 4.69) is 0 Å². The first-order chi connectivity index (χ1) is 12.4. The lowest BCUT2D eigenvalue weighted by atomic mass is 10.1. The molecule has 1 fully saturated rings. The summed E-state index contributed by atoms with van der Waals surface area (Å²) >= 11 is 0. The lowest BCUT2D eigenvalue weighted by molar-refractivity contribution is 0.428. The maximum Gasteiger partial charge on any atom is 0.244 e. The average Bonchev–Trinajstić information content (AvgIpc) is 2.80. The molecule has 0 N–H and O–H groups in total. The molecule has 0 aromatic heterocycles. The quantitative estimate of drug-likeness (QED) is 0.800. The van der Waals surface area contributed by atoms with Crippen molar-refractivity contribution in [1.29, 1.82) is 5.26 Å². The zero-order chi connectivity index (χ0) is 18.8. The van der Waals surface area contributed by atoms with Crippen LogP contribution in [0, 0.1) is 11.3 Å². The van der Waals surface area contributed by atoms with Crippen LogP contribution in [0.25, 0.3) is 0 Å². The summed E-state index contributed by atoms with van der Waals surface area (Å²) in [6.45, 7) is -0.0331. The molecule has 2 aromatic rings. The average molecular weight is 390 g/mol. The van der Waals surface area contributed by atoms with Gasteiger partial charge in [0.1, 0.15) is 6.07 Å². The highest BCUT2D eigenvalue weighted by Crippen LogP contribution is 2.31. The van der Waals surface area contributed by atoms with Gasteiger partial charge in [-0.05, 0) is 24.1 Å². The Morgan fingerprint density at radius 3 is 2.35 bits per heavy atom. The van der Waals surface area contributed by atoms with Crippen molar-refractivity contribution in [3.05, 3.63) is 65.7 Å². The van der Waals surface area contributed by atoms with E-state index >= 15 is 0 Å². The summed E-state index contributed by atoms with van der Waals surface area (Å²) in [5.41, 5.74) is 0.725. The van der Waals surface area contributed by atoms with Crippen molar-refractivity contribution in [3.63, 3.8) is 0 Å². The van der Waals surface area contributed by atoms with E-state index in [0.29, 0.717) is 5.56 Å². The summed E-state index contributed by atoms with van der Waals surface area (Å²) in [6.07, 6.45) is 0.181. The van der Waals surface area contributed by atoms with E-state index in [0.717, 1.165) is 0 Å². The van der Waals surface area contributed by atoms with E-state index in [9.17, 15) is 22.1 Å². The molecule has 0 radical (unpaired) electrons. The van der Waals surface area contributed by atoms with Crippen LogP contribution >= 0.6 is 0 Å². The maximum atomic E-state index is 13.0. The lowest BCUT2D eigenvalue weighted by Crippen LogP contribution is -2.34. The topological polar surface area (TPSA) is 95.3 Å². The first-order valence-corrected chi connectivity index (χ1v) is 11.3. The number of benzene rings is 2. The van der Waals surface area contributed by atoms with Gasteiger partial charge in [0.15, 0.2) is 9.84 Å². The Labute approximate surface area is 153 Å². The second-order valence-corrected chi connectivity index (χ2v) is 10.3. The third-order valence-corrected chi connectivity index (χ3v) is 8.58. The molecule has 136 valence electrons. The molecule has 26 heavy (non-hydrogen) atoms. The van der Waals surface area contributed by atoms with Gasteiger partial charge in [0, 0.05) is 13.1 Å². The Hall–Kier alpha value is -2.21. The molecular formula is C18H18N2O4S2. The van der Waals surface area contributed by atoms with Crippen molar-refractivity contribution < 1.29 is 16.8 Å². The normalized spacial score (nSPS) is 20.8. The monoisotopic (exact) mass is 390 g/mol. The molecule has 3 rings (SSSR count). The molecule has 6 nitrogen and oxygen atoms in total. The minimum atomic E-state index is -3.94. The molecule has 1 heterocycles. The van der Waals surface area contributed by atoms with Gasteiger partial charge in [0.2, 0.25) is 10.0 Å². The van der Waals surface area contributed by atoms with E-state index < -0.39 is 25.1 Å². The highest BCUT2D eigenvalue weighted by atomic mass is 32.2. The predicted molar refractivity (Wildman–Crippen MR) is 97.5 cm³/mol. The Morgan fingerprint density at radius 2 is 1.65 bits per heavy atom. The molecule has 0 saturated carbocycles. The Kier molecular flexibility index (Phi) is 5.14. The van der Waals surface area contributed by atoms with Crippen molar-refractivity contribution in [3.8, 4) is 6.07 Å². The van der Waals surface area contributed by atoms with Crippen molar-refractivity contribution in [2.24, 2.45) is 0 Å². The molecule has 1 aliphatic heterocycles. The van der Waals surface area contributed by atoms with Gasteiger partial charge < -0.3 is 0 Å². The summed E-state index contributed by atoms with van der Waals surface area (Å²) in [5.74, 6) is -0.249. The van der Waals surface area contributed by atoms with Crippen LogP contribution < -0.4 is 0 Å². The largest absolute Gasteiger partial charge is 0.244 e. The number of nitrogens with zero attached hydrogens (tertiary/aromatic N) is 2. The third-order valence-electron chi connectivity index (χ3n) is 4.50. The SMILES string of the molecule is N#Cc1ccccc1S(=O)(=O)N1CC[C@@H](c2ccccc2)S(=O)(=O)CC1. The van der Waals surface area contributed by atoms with Crippen molar-refractivity contribution in [2.75, 3.05) is 18.8 Å².